The number of rotatable bonds is 9. The van der Waals surface area contributed by atoms with Crippen molar-refractivity contribution in [2.24, 2.45) is 5.72 Å². The highest BCUT2D eigenvalue weighted by atomic mass is 16.5. The molecule has 0 fully saturated rings. The molecule has 0 amide bonds. The minimum absolute atomic E-state index is 0.728. The van der Waals surface area contributed by atoms with Gasteiger partial charge < -0.3 is 9.47 Å². The Morgan fingerprint density at radius 1 is 1.48 bits per heavy atom. The molecule has 0 saturated heterocycles. The van der Waals surface area contributed by atoms with E-state index >= 15 is 0 Å². The normalized spacial score (nSPS) is 29.0. The van der Waals surface area contributed by atoms with Crippen molar-refractivity contribution in [2.45, 2.75) is 32.3 Å². The van der Waals surface area contributed by atoms with E-state index in [0.717, 1.165) is 0 Å². The third-order valence-electron chi connectivity index (χ3n) is 1.65. The van der Waals surface area contributed by atoms with Gasteiger partial charge in [0.05, 0.1) is 29.6 Å². The Morgan fingerprint density at radius 3 is 3.00 bits per heavy atom. The van der Waals surface area contributed by atoms with Crippen LogP contribution in [-0.4, -0.2) is 31.0 Å². The number of ether oxygens (including phenoxy) is 2. The van der Waals surface area contributed by atoms with Crippen LogP contribution in [0.5, 0.6) is 5.75 Å². The van der Waals surface area contributed by atoms with Crippen LogP contribution in [0.4, 0.5) is 0 Å². The molecular weight excluding hydrogens is 298 g/mol. The van der Waals surface area contributed by atoms with Gasteiger partial charge in [-0.1, -0.05) is 0 Å². The van der Waals surface area contributed by atoms with Crippen LogP contribution in [0.25, 0.3) is 0 Å². The second-order valence-electron chi connectivity index (χ2n) is 3.11. The van der Waals surface area contributed by atoms with Gasteiger partial charge in [-0.2, -0.15) is 0 Å². The van der Waals surface area contributed by atoms with Gasteiger partial charge in [0.1, 0.15) is 5.75 Å². The summed E-state index contributed by atoms with van der Waals surface area (Å²) < 4.78 is 192. The summed E-state index contributed by atoms with van der Waals surface area (Å²) in [4.78, 5) is 25.3. The number of benzene rings is 1. The van der Waals surface area contributed by atoms with Gasteiger partial charge in [0.25, 0.3) is 7.06 Å². The zero-order valence-corrected chi connectivity index (χ0v) is 11.0. The first kappa shape index (κ1) is 3.91. The minimum Gasteiger partial charge on any atom is -0.462 e. The number of hydrogen-bond acceptors (Lipinski definition) is 4. The molecule has 0 aliphatic carbocycles. The van der Waals surface area contributed by atoms with E-state index in [2.05, 4.69) is 9.47 Å². The zero-order valence-electron chi connectivity index (χ0n) is 35.0. The van der Waals surface area contributed by atoms with Crippen LogP contribution in [0.3, 0.4) is 0 Å². The lowest BCUT2D eigenvalue weighted by atomic mass is 10.2. The molecule has 1 aromatic rings. The van der Waals surface area contributed by atoms with Crippen LogP contribution in [0.15, 0.2) is 24.2 Å². The molecule has 0 atom stereocenters. The van der Waals surface area contributed by atoms with Gasteiger partial charge in [0.15, 0.2) is 0 Å². The Balaban J connectivity index is 3.68. The molecule has 126 valence electrons. The maximum Gasteiger partial charge on any atom is 0.338 e. The summed E-state index contributed by atoms with van der Waals surface area (Å²) in [5, 5.41) is -1.59. The van der Waals surface area contributed by atoms with Gasteiger partial charge in [-0.15, -0.1) is 0 Å². The molecular formula is C16H24N3O4+. The lowest BCUT2D eigenvalue weighted by molar-refractivity contribution is -0.134. The van der Waals surface area contributed by atoms with E-state index in [1.54, 1.807) is 0 Å². The fourth-order valence-electron chi connectivity index (χ4n) is 0.889. The van der Waals surface area contributed by atoms with Crippen molar-refractivity contribution in [1.29, 1.82) is 0 Å². The van der Waals surface area contributed by atoms with Crippen LogP contribution >= 0.6 is 0 Å². The van der Waals surface area contributed by atoms with Crippen molar-refractivity contribution in [1.82, 2.24) is 5.31 Å². The lowest BCUT2D eigenvalue weighted by Gasteiger charge is -2.06. The third-order valence-corrected chi connectivity index (χ3v) is 1.65. The molecule has 1 rings (SSSR count). The van der Waals surface area contributed by atoms with E-state index in [-0.39, 0.29) is 0 Å². The standard InChI is InChI=1S/C16H23N3O4/c1-2-22-15(21)12-7-9-13(10-8-12)23-14(20)6-4-3-5-11-19-16(17)18/h7-10H,2-6,11H2,1H3,(H4,17,18,19)/p+1/i1D3,2D2,3D2,4D2,5D2,6D2,7D,8D,9D,10D,11D2/hD5. The van der Waals surface area contributed by atoms with Crippen LogP contribution in [0.2, 0.25) is 7.06 Å². The Hall–Kier alpha value is -2.57. The number of nitrogens with two attached hydrogens (primary N) is 2. The smallest absolute Gasteiger partial charge is 0.338 e. The number of carbonyl (C=O) groups excluding carboxylic acids is 2. The summed E-state index contributed by atoms with van der Waals surface area (Å²) in [6.45, 7) is -11.5. The molecule has 0 unspecified atom stereocenters. The van der Waals surface area contributed by atoms with Crippen molar-refractivity contribution in [3.05, 3.63) is 29.7 Å². The van der Waals surface area contributed by atoms with Crippen LogP contribution in [-0.2, 0) is 9.53 Å². The second-order valence-corrected chi connectivity index (χ2v) is 3.11. The summed E-state index contributed by atoms with van der Waals surface area (Å²) in [6, 6.07) is -5.90. The van der Waals surface area contributed by atoms with E-state index in [1.165, 1.54) is 0 Å². The molecule has 0 aromatic heterocycles. The molecule has 0 heterocycles. The lowest BCUT2D eigenvalue weighted by Crippen LogP contribution is -2.54. The molecule has 7 nitrogen and oxygen atoms in total. The highest BCUT2D eigenvalue weighted by Gasteiger charge is 2.08. The topological polar surface area (TPSA) is 116 Å². The van der Waals surface area contributed by atoms with Crippen LogP contribution < -0.4 is 21.2 Å². The first-order valence-electron chi connectivity index (χ1n) is 17.1. The maximum absolute atomic E-state index is 12.9. The number of esters is 2. The van der Waals surface area contributed by atoms with Gasteiger partial charge >= 0.3 is 17.9 Å². The number of carbonyl (C=O) groups is 2. The Kier molecular flexibility index (Phi) is 1.73. The number of guanidine groups is 1. The van der Waals surface area contributed by atoms with Gasteiger partial charge in [-0.25, -0.2) is 4.79 Å². The predicted octanol–water partition coefficient (Wildman–Crippen LogP) is -0.00750. The largest absolute Gasteiger partial charge is 0.462 e. The Labute approximate surface area is 169 Å². The molecule has 1 aromatic carbocycles. The minimum atomic E-state index is -4.57. The van der Waals surface area contributed by atoms with E-state index < -0.39 is 115 Å². The van der Waals surface area contributed by atoms with E-state index in [9.17, 15) is 9.59 Å². The highest BCUT2D eigenvalue weighted by Crippen LogP contribution is 2.14. The molecule has 0 bridgehead atoms. The Morgan fingerprint density at radius 2 is 2.30 bits per heavy atom. The monoisotopic (exact) mass is 346 g/mol. The average Bonchev–Trinajstić information content (AvgIpc) is 2.87. The molecule has 5 N–H and O–H groups in total. The molecule has 0 aliphatic rings. The molecule has 0 spiro atoms. The number of hydrogen-bond donors (Lipinski definition) is 3. The van der Waals surface area contributed by atoms with Crippen molar-refractivity contribution >= 4 is 17.9 Å². The van der Waals surface area contributed by atoms with E-state index in [1.807, 2.05) is 0 Å². The predicted molar refractivity (Wildman–Crippen MR) is 85.6 cm³/mol. The molecule has 23 heavy (non-hydrogen) atoms. The summed E-state index contributed by atoms with van der Waals surface area (Å²) in [5.41, 5.74) is -2.11. The summed E-state index contributed by atoms with van der Waals surface area (Å²) in [6.07, 6.45) is -18.0. The van der Waals surface area contributed by atoms with Gasteiger partial charge in [0.2, 0.25) is 0 Å². The van der Waals surface area contributed by atoms with E-state index in [0.29, 0.717) is 0 Å². The first-order valence-corrected chi connectivity index (χ1v) is 5.37. The molecule has 0 saturated carbocycles. The SMILES string of the molecule is [2H]c1c([2H])c(C(=O)OC([2H])([2H])C([2H])([2H])[2H])c([2H])c([2H])c1OC(=O)C([2H])([2H])C([2H])([2H])C([2H])([2H])C([2H])([2H])C([2H])([2H])N([2H])C(N([2H])[2H])=[N+]([2H])[2H]. The zero-order chi connectivity index (χ0) is 37.8. The van der Waals surface area contributed by atoms with Gasteiger partial charge in [-0.05, 0) is 50.1 Å². The van der Waals surface area contributed by atoms with Crippen molar-refractivity contribution in [2.75, 3.05) is 13.1 Å². The molecule has 0 aliphatic heterocycles. The number of nitrogens with one attached hydrogen (secondary N) is 1. The molecule has 0 radical (unpaired) electrons. The fourth-order valence-corrected chi connectivity index (χ4v) is 0.889. The van der Waals surface area contributed by atoms with Gasteiger partial charge in [-0.3, -0.25) is 21.2 Å². The van der Waals surface area contributed by atoms with Crippen molar-refractivity contribution < 1.29 is 57.6 Å². The summed E-state index contributed by atoms with van der Waals surface area (Å²) in [7, 11) is 0. The fraction of sp³-hybridized carbons (Fsp3) is 0.438. The van der Waals surface area contributed by atoms with Gasteiger partial charge in [0, 0.05) is 21.5 Å². The average molecular weight is 347 g/mol. The first-order chi connectivity index (χ1) is 20.6. The van der Waals surface area contributed by atoms with Crippen molar-refractivity contribution in [3.63, 3.8) is 0 Å². The Bertz CT molecular complexity index is 1400. The quantitative estimate of drug-likeness (QED) is 0.251. The van der Waals surface area contributed by atoms with E-state index in [4.69, 9.17) is 33.1 Å². The highest BCUT2D eigenvalue weighted by molar-refractivity contribution is 5.89. The summed E-state index contributed by atoms with van der Waals surface area (Å²) in [5.74, 6) is -7.82. The summed E-state index contributed by atoms with van der Waals surface area (Å²) >= 11 is 0. The van der Waals surface area contributed by atoms with Crippen molar-refractivity contribution in [3.8, 4) is 5.75 Å². The molecule has 7 heteroatoms. The van der Waals surface area contributed by atoms with Crippen LogP contribution in [0.1, 0.15) is 68.7 Å². The van der Waals surface area contributed by atoms with Crippen LogP contribution in [0, 0.1) is 0 Å². The maximum atomic E-state index is 12.9. The third kappa shape index (κ3) is 7.85. The second kappa shape index (κ2) is 10.2.